The third kappa shape index (κ3) is 2.21. The first-order valence-corrected chi connectivity index (χ1v) is 6.50. The van der Waals surface area contributed by atoms with Gasteiger partial charge >= 0.3 is 0 Å². The summed E-state index contributed by atoms with van der Waals surface area (Å²) in [5.74, 6) is 0.701. The molecule has 0 fully saturated rings. The average Bonchev–Trinajstić information content (AvgIpc) is 2.54. The Morgan fingerprint density at radius 1 is 1.29 bits per heavy atom. The number of hydrogen-bond acceptors (Lipinski definition) is 1. The summed E-state index contributed by atoms with van der Waals surface area (Å²) < 4.78 is 2.33. The molecule has 0 aliphatic heterocycles. The lowest BCUT2D eigenvalue weighted by atomic mass is 10.0. The second-order valence-corrected chi connectivity index (χ2v) is 5.29. The second kappa shape index (κ2) is 4.52. The molecular formula is C15H22N2. The fourth-order valence-corrected chi connectivity index (χ4v) is 2.60. The highest BCUT2D eigenvalue weighted by Gasteiger charge is 2.12. The normalized spacial score (nSPS) is 11.6. The van der Waals surface area contributed by atoms with Crippen LogP contribution in [0.15, 0.2) is 12.3 Å². The van der Waals surface area contributed by atoms with Gasteiger partial charge in [0.25, 0.3) is 0 Å². The molecule has 0 N–H and O–H groups in total. The van der Waals surface area contributed by atoms with E-state index in [2.05, 4.69) is 56.3 Å². The van der Waals surface area contributed by atoms with Crippen molar-refractivity contribution in [2.24, 2.45) is 5.92 Å². The molecule has 2 rings (SSSR count). The van der Waals surface area contributed by atoms with Crippen LogP contribution in [0.2, 0.25) is 0 Å². The van der Waals surface area contributed by atoms with E-state index in [1.165, 1.54) is 16.8 Å². The van der Waals surface area contributed by atoms with Crippen LogP contribution in [0.5, 0.6) is 0 Å². The molecule has 2 heterocycles. The number of rotatable bonds is 3. The molecular weight excluding hydrogens is 208 g/mol. The quantitative estimate of drug-likeness (QED) is 0.785. The molecule has 0 unspecified atom stereocenters. The number of nitrogens with zero attached hydrogens (tertiary/aromatic N) is 2. The summed E-state index contributed by atoms with van der Waals surface area (Å²) in [6, 6.07) is 2.32. The van der Waals surface area contributed by atoms with E-state index in [9.17, 15) is 0 Å². The minimum absolute atomic E-state index is 0.701. The Labute approximate surface area is 104 Å². The van der Waals surface area contributed by atoms with Gasteiger partial charge in [0.05, 0.1) is 16.9 Å². The van der Waals surface area contributed by atoms with Crippen molar-refractivity contribution in [3.63, 3.8) is 0 Å². The third-order valence-electron chi connectivity index (χ3n) is 3.23. The molecule has 0 saturated heterocycles. The lowest BCUT2D eigenvalue weighted by molar-refractivity contribution is 0.642. The minimum atomic E-state index is 0.701. The van der Waals surface area contributed by atoms with Crippen molar-refractivity contribution in [1.29, 1.82) is 0 Å². The minimum Gasteiger partial charge on any atom is -0.317 e. The topological polar surface area (TPSA) is 17.3 Å². The molecule has 0 atom stereocenters. The molecule has 2 aromatic rings. The Bertz CT molecular complexity index is 535. The predicted octanol–water partition coefficient (Wildman–Crippen LogP) is 3.71. The van der Waals surface area contributed by atoms with Crippen molar-refractivity contribution in [1.82, 2.24) is 9.38 Å². The molecule has 0 aliphatic carbocycles. The summed E-state index contributed by atoms with van der Waals surface area (Å²) >= 11 is 0. The van der Waals surface area contributed by atoms with Crippen molar-refractivity contribution in [3.8, 4) is 0 Å². The maximum atomic E-state index is 4.55. The van der Waals surface area contributed by atoms with Crippen molar-refractivity contribution in [3.05, 3.63) is 34.9 Å². The molecule has 0 spiro atoms. The summed E-state index contributed by atoms with van der Waals surface area (Å²) in [7, 11) is 0. The molecule has 0 saturated carbocycles. The van der Waals surface area contributed by atoms with Gasteiger partial charge in [0, 0.05) is 11.9 Å². The van der Waals surface area contributed by atoms with Crippen LogP contribution in [0.25, 0.3) is 5.52 Å². The fourth-order valence-electron chi connectivity index (χ4n) is 2.60. The van der Waals surface area contributed by atoms with Crippen molar-refractivity contribution in [2.45, 2.75) is 47.5 Å². The van der Waals surface area contributed by atoms with E-state index in [0.717, 1.165) is 24.2 Å². The van der Waals surface area contributed by atoms with Gasteiger partial charge in [0.2, 0.25) is 0 Å². The van der Waals surface area contributed by atoms with Crippen LogP contribution in [-0.4, -0.2) is 9.38 Å². The standard InChI is InChI=1S/C15H22N2/c1-6-14-13(7-10(2)3)8-15-12(5)16-11(4)9-17(14)15/h8-10H,6-7H2,1-5H3. The Hall–Kier alpha value is -1.31. The summed E-state index contributed by atoms with van der Waals surface area (Å²) in [5, 5.41) is 0. The smallest absolute Gasteiger partial charge is 0.0669 e. The SMILES string of the molecule is CCc1c(CC(C)C)cc2c(C)nc(C)cn12. The molecule has 2 nitrogen and oxygen atoms in total. The van der Waals surface area contributed by atoms with E-state index < -0.39 is 0 Å². The van der Waals surface area contributed by atoms with E-state index in [-0.39, 0.29) is 0 Å². The lowest BCUT2D eigenvalue weighted by Gasteiger charge is -2.07. The highest BCUT2D eigenvalue weighted by molar-refractivity contribution is 5.57. The van der Waals surface area contributed by atoms with Gasteiger partial charge in [-0.25, -0.2) is 0 Å². The van der Waals surface area contributed by atoms with Crippen LogP contribution in [-0.2, 0) is 12.8 Å². The van der Waals surface area contributed by atoms with Gasteiger partial charge in [0.15, 0.2) is 0 Å². The van der Waals surface area contributed by atoms with Crippen LogP contribution in [0.1, 0.15) is 43.4 Å². The van der Waals surface area contributed by atoms with Gasteiger partial charge in [-0.2, -0.15) is 0 Å². The van der Waals surface area contributed by atoms with Crippen molar-refractivity contribution >= 4 is 5.52 Å². The van der Waals surface area contributed by atoms with Crippen molar-refractivity contribution < 1.29 is 0 Å². The molecule has 0 radical (unpaired) electrons. The lowest BCUT2D eigenvalue weighted by Crippen LogP contribution is -2.00. The van der Waals surface area contributed by atoms with Gasteiger partial charge in [-0.05, 0) is 44.2 Å². The summed E-state index contributed by atoms with van der Waals surface area (Å²) in [6.07, 6.45) is 4.40. The fraction of sp³-hybridized carbons (Fsp3) is 0.533. The molecule has 0 aromatic carbocycles. The third-order valence-corrected chi connectivity index (χ3v) is 3.23. The largest absolute Gasteiger partial charge is 0.317 e. The van der Waals surface area contributed by atoms with Crippen LogP contribution in [0, 0.1) is 19.8 Å². The Morgan fingerprint density at radius 3 is 2.59 bits per heavy atom. The first-order valence-electron chi connectivity index (χ1n) is 6.50. The van der Waals surface area contributed by atoms with Gasteiger partial charge in [-0.15, -0.1) is 0 Å². The predicted molar refractivity (Wildman–Crippen MR) is 72.6 cm³/mol. The monoisotopic (exact) mass is 230 g/mol. The summed E-state index contributed by atoms with van der Waals surface area (Å²) in [5.41, 5.74) is 6.43. The number of fused-ring (bicyclic) bond motifs is 1. The van der Waals surface area contributed by atoms with Crippen LogP contribution in [0.3, 0.4) is 0 Å². The first kappa shape index (κ1) is 12.2. The molecule has 92 valence electrons. The van der Waals surface area contributed by atoms with E-state index >= 15 is 0 Å². The van der Waals surface area contributed by atoms with Gasteiger partial charge < -0.3 is 4.40 Å². The molecule has 17 heavy (non-hydrogen) atoms. The molecule has 2 aromatic heterocycles. The maximum Gasteiger partial charge on any atom is 0.0669 e. The number of aryl methyl sites for hydroxylation is 3. The van der Waals surface area contributed by atoms with E-state index in [1.807, 2.05) is 0 Å². The molecule has 0 amide bonds. The van der Waals surface area contributed by atoms with Crippen molar-refractivity contribution in [2.75, 3.05) is 0 Å². The van der Waals surface area contributed by atoms with Crippen LogP contribution < -0.4 is 0 Å². The maximum absolute atomic E-state index is 4.55. The van der Waals surface area contributed by atoms with Gasteiger partial charge in [-0.3, -0.25) is 4.98 Å². The second-order valence-electron chi connectivity index (χ2n) is 5.29. The first-order chi connectivity index (χ1) is 8.02. The zero-order chi connectivity index (χ0) is 12.6. The van der Waals surface area contributed by atoms with Gasteiger partial charge in [0.1, 0.15) is 0 Å². The summed E-state index contributed by atoms with van der Waals surface area (Å²) in [4.78, 5) is 4.55. The summed E-state index contributed by atoms with van der Waals surface area (Å²) in [6.45, 7) is 10.9. The number of aromatic nitrogens is 2. The Morgan fingerprint density at radius 2 is 2.00 bits per heavy atom. The molecule has 2 heteroatoms. The van der Waals surface area contributed by atoms with E-state index in [0.29, 0.717) is 5.92 Å². The average molecular weight is 230 g/mol. The highest BCUT2D eigenvalue weighted by Crippen LogP contribution is 2.22. The van der Waals surface area contributed by atoms with E-state index in [4.69, 9.17) is 0 Å². The van der Waals surface area contributed by atoms with Crippen LogP contribution >= 0.6 is 0 Å². The molecule has 0 bridgehead atoms. The Kier molecular flexibility index (Phi) is 3.23. The zero-order valence-corrected chi connectivity index (χ0v) is 11.5. The Balaban J connectivity index is 2.66. The van der Waals surface area contributed by atoms with E-state index in [1.54, 1.807) is 0 Å². The van der Waals surface area contributed by atoms with Crippen LogP contribution in [0.4, 0.5) is 0 Å². The van der Waals surface area contributed by atoms with Gasteiger partial charge in [-0.1, -0.05) is 20.8 Å². The zero-order valence-electron chi connectivity index (χ0n) is 11.5. The number of hydrogen-bond donors (Lipinski definition) is 0. The molecule has 0 aliphatic rings. The highest BCUT2D eigenvalue weighted by atomic mass is 14.9.